The summed E-state index contributed by atoms with van der Waals surface area (Å²) in [5.41, 5.74) is 1.41. The molecule has 2 unspecified atom stereocenters. The molecular weight excluding hydrogens is 336 g/mol. The standard InChI is InChI=1S/C19H30N2O3S/c1-14(2)11-21-12-16-8-9-17(13-21)19(16,24-3)15-6-5-7-18(10-15)20-25(4,22)23/h5-7,10,14,16-17,20H,8-9,11-13H2,1-4H3. The van der Waals surface area contributed by atoms with Crippen molar-refractivity contribution in [2.24, 2.45) is 17.8 Å². The minimum atomic E-state index is -3.28. The summed E-state index contributed by atoms with van der Waals surface area (Å²) < 4.78 is 31.9. The van der Waals surface area contributed by atoms with Crippen molar-refractivity contribution in [3.8, 4) is 0 Å². The summed E-state index contributed by atoms with van der Waals surface area (Å²) in [5, 5.41) is 0. The number of piperidine rings is 1. The molecule has 2 atom stereocenters. The maximum absolute atomic E-state index is 11.6. The van der Waals surface area contributed by atoms with Crippen molar-refractivity contribution in [3.63, 3.8) is 0 Å². The number of methoxy groups -OCH3 is 1. The molecule has 1 N–H and O–H groups in total. The van der Waals surface area contributed by atoms with Gasteiger partial charge in [0.05, 0.1) is 6.26 Å². The number of sulfonamides is 1. The average molecular weight is 367 g/mol. The van der Waals surface area contributed by atoms with Crippen molar-refractivity contribution in [3.05, 3.63) is 29.8 Å². The molecule has 0 radical (unpaired) electrons. The third kappa shape index (κ3) is 3.71. The molecule has 1 heterocycles. The van der Waals surface area contributed by atoms with Crippen molar-refractivity contribution in [1.29, 1.82) is 0 Å². The molecule has 1 aromatic carbocycles. The van der Waals surface area contributed by atoms with Crippen LogP contribution in [0.25, 0.3) is 0 Å². The number of likely N-dealkylation sites (tertiary alicyclic amines) is 1. The van der Waals surface area contributed by atoms with Crippen LogP contribution in [-0.4, -0.2) is 46.3 Å². The van der Waals surface area contributed by atoms with Crippen LogP contribution in [0.2, 0.25) is 0 Å². The summed E-state index contributed by atoms with van der Waals surface area (Å²) in [6.45, 7) is 7.75. The molecule has 3 rings (SSSR count). The SMILES string of the molecule is COC1(c2cccc(NS(C)(=O)=O)c2)C2CCC1CN(CC(C)C)C2. The first-order valence-electron chi connectivity index (χ1n) is 9.10. The Morgan fingerprint density at radius 3 is 2.44 bits per heavy atom. The highest BCUT2D eigenvalue weighted by Gasteiger charge is 2.55. The number of hydrogen-bond acceptors (Lipinski definition) is 4. The Hall–Kier alpha value is -1.11. The van der Waals surface area contributed by atoms with Crippen LogP contribution in [0.3, 0.4) is 0 Å². The molecule has 1 saturated heterocycles. The number of ether oxygens (including phenoxy) is 1. The van der Waals surface area contributed by atoms with Crippen LogP contribution >= 0.6 is 0 Å². The fourth-order valence-corrected chi connectivity index (χ4v) is 5.50. The normalized spacial score (nSPS) is 30.0. The maximum Gasteiger partial charge on any atom is 0.229 e. The van der Waals surface area contributed by atoms with Crippen molar-refractivity contribution >= 4 is 15.7 Å². The highest BCUT2D eigenvalue weighted by Crippen LogP contribution is 2.53. The number of rotatable bonds is 6. The zero-order valence-electron chi connectivity index (χ0n) is 15.7. The Kier molecular flexibility index (Phi) is 5.15. The van der Waals surface area contributed by atoms with E-state index >= 15 is 0 Å². The van der Waals surface area contributed by atoms with Crippen LogP contribution in [0, 0.1) is 17.8 Å². The first-order valence-corrected chi connectivity index (χ1v) is 11.0. The molecule has 1 aromatic rings. The molecule has 0 spiro atoms. The van der Waals surface area contributed by atoms with Gasteiger partial charge in [-0.05, 0) is 36.5 Å². The van der Waals surface area contributed by atoms with Gasteiger partial charge >= 0.3 is 0 Å². The Morgan fingerprint density at radius 1 is 1.28 bits per heavy atom. The van der Waals surface area contributed by atoms with Gasteiger partial charge in [-0.1, -0.05) is 26.0 Å². The van der Waals surface area contributed by atoms with Gasteiger partial charge in [0.1, 0.15) is 5.60 Å². The fraction of sp³-hybridized carbons (Fsp3) is 0.684. The number of anilines is 1. The number of benzene rings is 1. The van der Waals surface area contributed by atoms with E-state index in [4.69, 9.17) is 4.74 Å². The van der Waals surface area contributed by atoms with Gasteiger partial charge in [-0.2, -0.15) is 0 Å². The van der Waals surface area contributed by atoms with Crippen LogP contribution in [0.4, 0.5) is 5.69 Å². The first-order chi connectivity index (χ1) is 11.7. The molecule has 1 saturated carbocycles. The highest BCUT2D eigenvalue weighted by molar-refractivity contribution is 7.92. The molecule has 5 nitrogen and oxygen atoms in total. The predicted octanol–water partition coefficient (Wildman–Crippen LogP) is 2.90. The third-order valence-corrected chi connectivity index (χ3v) is 6.22. The number of nitrogens with one attached hydrogen (secondary N) is 1. The van der Waals surface area contributed by atoms with E-state index in [0.29, 0.717) is 23.4 Å². The van der Waals surface area contributed by atoms with E-state index in [2.05, 4.69) is 29.5 Å². The van der Waals surface area contributed by atoms with E-state index in [9.17, 15) is 8.42 Å². The van der Waals surface area contributed by atoms with Crippen LogP contribution in [0.15, 0.2) is 24.3 Å². The maximum atomic E-state index is 11.6. The monoisotopic (exact) mass is 366 g/mol. The number of hydrogen-bond donors (Lipinski definition) is 1. The summed E-state index contributed by atoms with van der Waals surface area (Å²) in [7, 11) is -1.48. The molecule has 2 aliphatic rings. The van der Waals surface area contributed by atoms with Crippen molar-refractivity contribution in [2.45, 2.75) is 32.3 Å². The zero-order chi connectivity index (χ0) is 18.2. The van der Waals surface area contributed by atoms with Crippen LogP contribution in [-0.2, 0) is 20.4 Å². The molecule has 0 amide bonds. The molecule has 140 valence electrons. The smallest absolute Gasteiger partial charge is 0.229 e. The average Bonchev–Trinajstić information content (AvgIpc) is 2.69. The van der Waals surface area contributed by atoms with E-state index in [-0.39, 0.29) is 5.60 Å². The van der Waals surface area contributed by atoms with Gasteiger partial charge in [0.2, 0.25) is 10.0 Å². The highest BCUT2D eigenvalue weighted by atomic mass is 32.2. The van der Waals surface area contributed by atoms with Crippen LogP contribution in [0.1, 0.15) is 32.3 Å². The Balaban J connectivity index is 1.91. The summed E-state index contributed by atoms with van der Waals surface area (Å²) >= 11 is 0. The number of nitrogens with zero attached hydrogens (tertiary/aromatic N) is 1. The van der Waals surface area contributed by atoms with Crippen molar-refractivity contribution in [1.82, 2.24) is 4.90 Å². The zero-order valence-corrected chi connectivity index (χ0v) is 16.5. The van der Waals surface area contributed by atoms with Gasteiger partial charge in [-0.25, -0.2) is 8.42 Å². The van der Waals surface area contributed by atoms with Gasteiger partial charge in [0.15, 0.2) is 0 Å². The summed E-state index contributed by atoms with van der Waals surface area (Å²) in [6, 6.07) is 7.75. The molecule has 2 bridgehead atoms. The van der Waals surface area contributed by atoms with Gasteiger partial charge < -0.3 is 9.64 Å². The second-order valence-corrected chi connectivity index (χ2v) is 9.78. The second kappa shape index (κ2) is 6.89. The van der Waals surface area contributed by atoms with E-state index in [1.807, 2.05) is 12.1 Å². The topological polar surface area (TPSA) is 58.6 Å². The summed E-state index contributed by atoms with van der Waals surface area (Å²) in [5.74, 6) is 1.56. The Morgan fingerprint density at radius 2 is 1.92 bits per heavy atom. The lowest BCUT2D eigenvalue weighted by Gasteiger charge is -2.47. The minimum absolute atomic E-state index is 0.303. The Labute approximate surface area is 151 Å². The summed E-state index contributed by atoms with van der Waals surface area (Å²) in [4.78, 5) is 2.57. The Bertz CT molecular complexity index is 703. The van der Waals surface area contributed by atoms with Crippen molar-refractivity contribution < 1.29 is 13.2 Å². The molecule has 25 heavy (non-hydrogen) atoms. The largest absolute Gasteiger partial charge is 0.373 e. The molecule has 0 aromatic heterocycles. The van der Waals surface area contributed by atoms with Crippen molar-refractivity contribution in [2.75, 3.05) is 37.7 Å². The van der Waals surface area contributed by atoms with Crippen LogP contribution < -0.4 is 4.72 Å². The van der Waals surface area contributed by atoms with E-state index in [1.165, 1.54) is 6.26 Å². The molecule has 6 heteroatoms. The second-order valence-electron chi connectivity index (χ2n) is 8.04. The molecule has 1 aliphatic carbocycles. The van der Waals surface area contributed by atoms with E-state index < -0.39 is 10.0 Å². The van der Waals surface area contributed by atoms with E-state index in [0.717, 1.165) is 38.0 Å². The van der Waals surface area contributed by atoms with Gasteiger partial charge in [-0.15, -0.1) is 0 Å². The lowest BCUT2D eigenvalue weighted by molar-refractivity contribution is -0.120. The third-order valence-electron chi connectivity index (χ3n) is 5.61. The fourth-order valence-electron chi connectivity index (χ4n) is 4.94. The minimum Gasteiger partial charge on any atom is -0.373 e. The predicted molar refractivity (Wildman–Crippen MR) is 101 cm³/mol. The van der Waals surface area contributed by atoms with Crippen LogP contribution in [0.5, 0.6) is 0 Å². The lowest BCUT2D eigenvalue weighted by Crippen LogP contribution is -2.53. The first kappa shape index (κ1) is 18.7. The number of fused-ring (bicyclic) bond motifs is 2. The van der Waals surface area contributed by atoms with Gasteiger partial charge in [0.25, 0.3) is 0 Å². The van der Waals surface area contributed by atoms with Gasteiger partial charge in [-0.3, -0.25) is 4.72 Å². The molecule has 2 fully saturated rings. The summed E-state index contributed by atoms with van der Waals surface area (Å²) in [6.07, 6.45) is 3.51. The quantitative estimate of drug-likeness (QED) is 0.841. The van der Waals surface area contributed by atoms with E-state index in [1.54, 1.807) is 13.2 Å². The molecule has 1 aliphatic heterocycles. The molecular formula is C19H30N2O3S. The van der Waals surface area contributed by atoms with Gasteiger partial charge in [0, 0.05) is 44.3 Å². The lowest BCUT2D eigenvalue weighted by atomic mass is 9.74.